The average molecular weight is 270 g/mol. The summed E-state index contributed by atoms with van der Waals surface area (Å²) < 4.78 is 11.5. The van der Waals surface area contributed by atoms with Gasteiger partial charge in [-0.3, -0.25) is 0 Å². The molecule has 3 nitrogen and oxygen atoms in total. The van der Waals surface area contributed by atoms with E-state index in [4.69, 9.17) is 21.1 Å². The van der Waals surface area contributed by atoms with E-state index in [1.807, 2.05) is 24.3 Å². The van der Waals surface area contributed by atoms with Crippen molar-refractivity contribution in [1.29, 1.82) is 0 Å². The molecule has 18 heavy (non-hydrogen) atoms. The van der Waals surface area contributed by atoms with Gasteiger partial charge in [0, 0.05) is 12.6 Å². The SMILES string of the molecule is CCCNC1CCOCC1Oc1ccccc1Cl. The van der Waals surface area contributed by atoms with E-state index in [0.717, 1.165) is 31.7 Å². The normalized spacial score (nSPS) is 23.9. The van der Waals surface area contributed by atoms with E-state index in [9.17, 15) is 0 Å². The van der Waals surface area contributed by atoms with Gasteiger partial charge in [-0.25, -0.2) is 0 Å². The van der Waals surface area contributed by atoms with E-state index in [0.29, 0.717) is 17.7 Å². The van der Waals surface area contributed by atoms with Crippen molar-refractivity contribution in [1.82, 2.24) is 5.32 Å². The number of rotatable bonds is 5. The lowest BCUT2D eigenvalue weighted by Gasteiger charge is -2.32. The predicted molar refractivity (Wildman–Crippen MR) is 73.4 cm³/mol. The van der Waals surface area contributed by atoms with E-state index in [-0.39, 0.29) is 6.10 Å². The molecule has 0 radical (unpaired) electrons. The second kappa shape index (κ2) is 6.98. The van der Waals surface area contributed by atoms with Gasteiger partial charge >= 0.3 is 0 Å². The highest BCUT2D eigenvalue weighted by molar-refractivity contribution is 6.32. The second-order valence-corrected chi connectivity index (χ2v) is 4.92. The molecular weight excluding hydrogens is 250 g/mol. The Morgan fingerprint density at radius 1 is 1.44 bits per heavy atom. The Kier molecular flexibility index (Phi) is 5.29. The van der Waals surface area contributed by atoms with Crippen LogP contribution < -0.4 is 10.1 Å². The molecule has 0 saturated carbocycles. The van der Waals surface area contributed by atoms with Crippen molar-refractivity contribution in [3.63, 3.8) is 0 Å². The molecule has 0 spiro atoms. The second-order valence-electron chi connectivity index (χ2n) is 4.51. The summed E-state index contributed by atoms with van der Waals surface area (Å²) in [6.45, 7) is 4.58. The first-order chi connectivity index (χ1) is 8.81. The Bertz CT molecular complexity index is 373. The molecule has 1 saturated heterocycles. The summed E-state index contributed by atoms with van der Waals surface area (Å²) in [6, 6.07) is 7.91. The van der Waals surface area contributed by atoms with Crippen LogP contribution in [0, 0.1) is 0 Å². The standard InChI is InChI=1S/C14H20ClNO2/c1-2-8-16-12-7-9-17-10-14(12)18-13-6-4-3-5-11(13)15/h3-6,12,14,16H,2,7-10H2,1H3. The Morgan fingerprint density at radius 2 is 2.28 bits per heavy atom. The van der Waals surface area contributed by atoms with E-state index in [1.165, 1.54) is 0 Å². The van der Waals surface area contributed by atoms with Gasteiger partial charge in [0.05, 0.1) is 11.6 Å². The van der Waals surface area contributed by atoms with Crippen LogP contribution in [0.25, 0.3) is 0 Å². The fraction of sp³-hybridized carbons (Fsp3) is 0.571. The first kappa shape index (κ1) is 13.7. The topological polar surface area (TPSA) is 30.5 Å². The molecule has 0 bridgehead atoms. The molecule has 1 N–H and O–H groups in total. The zero-order chi connectivity index (χ0) is 12.8. The molecule has 1 heterocycles. The number of hydrogen-bond donors (Lipinski definition) is 1. The first-order valence-corrected chi connectivity index (χ1v) is 6.91. The van der Waals surface area contributed by atoms with Crippen LogP contribution in [0.1, 0.15) is 19.8 Å². The third-order valence-corrected chi connectivity index (χ3v) is 3.39. The summed E-state index contributed by atoms with van der Waals surface area (Å²) in [6.07, 6.45) is 2.14. The number of hydrogen-bond acceptors (Lipinski definition) is 3. The van der Waals surface area contributed by atoms with Gasteiger partial charge < -0.3 is 14.8 Å². The highest BCUT2D eigenvalue weighted by Crippen LogP contribution is 2.26. The van der Waals surface area contributed by atoms with Crippen molar-refractivity contribution in [2.24, 2.45) is 0 Å². The maximum absolute atomic E-state index is 6.11. The van der Waals surface area contributed by atoms with Crippen LogP contribution >= 0.6 is 11.6 Å². The minimum atomic E-state index is 0.0326. The molecule has 100 valence electrons. The number of para-hydroxylation sites is 1. The van der Waals surface area contributed by atoms with Crippen LogP contribution in [0.2, 0.25) is 5.02 Å². The van der Waals surface area contributed by atoms with Gasteiger partial charge in [0.15, 0.2) is 0 Å². The summed E-state index contributed by atoms with van der Waals surface area (Å²) in [5.74, 6) is 0.734. The highest BCUT2D eigenvalue weighted by atomic mass is 35.5. The van der Waals surface area contributed by atoms with E-state index >= 15 is 0 Å². The fourth-order valence-electron chi connectivity index (χ4n) is 2.09. The van der Waals surface area contributed by atoms with Crippen LogP contribution in [-0.4, -0.2) is 31.9 Å². The lowest BCUT2D eigenvalue weighted by Crippen LogP contribution is -2.49. The first-order valence-electron chi connectivity index (χ1n) is 6.53. The van der Waals surface area contributed by atoms with Gasteiger partial charge in [-0.05, 0) is 31.5 Å². The van der Waals surface area contributed by atoms with E-state index in [1.54, 1.807) is 0 Å². The van der Waals surface area contributed by atoms with Crippen molar-refractivity contribution in [3.8, 4) is 5.75 Å². The third-order valence-electron chi connectivity index (χ3n) is 3.08. The number of nitrogens with one attached hydrogen (secondary N) is 1. The zero-order valence-corrected chi connectivity index (χ0v) is 11.5. The lowest BCUT2D eigenvalue weighted by atomic mass is 10.1. The average Bonchev–Trinajstić information content (AvgIpc) is 2.40. The summed E-state index contributed by atoms with van der Waals surface area (Å²) in [4.78, 5) is 0. The Balaban J connectivity index is 1.98. The lowest BCUT2D eigenvalue weighted by molar-refractivity contribution is -0.0145. The molecule has 1 aromatic carbocycles. The van der Waals surface area contributed by atoms with Crippen LogP contribution in [-0.2, 0) is 4.74 Å². The van der Waals surface area contributed by atoms with Gasteiger partial charge in [0.25, 0.3) is 0 Å². The number of halogens is 1. The smallest absolute Gasteiger partial charge is 0.138 e. The Morgan fingerprint density at radius 3 is 3.06 bits per heavy atom. The quantitative estimate of drug-likeness (QED) is 0.892. The Labute approximate surface area is 113 Å². The van der Waals surface area contributed by atoms with Gasteiger partial charge in [-0.1, -0.05) is 30.7 Å². The van der Waals surface area contributed by atoms with Crippen molar-refractivity contribution >= 4 is 11.6 Å². The van der Waals surface area contributed by atoms with Crippen LogP contribution in [0.15, 0.2) is 24.3 Å². The van der Waals surface area contributed by atoms with Crippen LogP contribution in [0.4, 0.5) is 0 Å². The van der Waals surface area contributed by atoms with Crippen molar-refractivity contribution < 1.29 is 9.47 Å². The largest absolute Gasteiger partial charge is 0.485 e. The molecule has 2 rings (SSSR count). The molecule has 0 amide bonds. The molecule has 0 aromatic heterocycles. The molecular formula is C14H20ClNO2. The Hall–Kier alpha value is -0.770. The molecule has 1 aliphatic rings. The molecule has 1 aliphatic heterocycles. The monoisotopic (exact) mass is 269 g/mol. The van der Waals surface area contributed by atoms with Crippen molar-refractivity contribution in [2.45, 2.75) is 31.9 Å². The van der Waals surface area contributed by atoms with Crippen LogP contribution in [0.3, 0.4) is 0 Å². The maximum Gasteiger partial charge on any atom is 0.138 e. The third kappa shape index (κ3) is 3.61. The summed E-state index contributed by atoms with van der Waals surface area (Å²) in [7, 11) is 0. The highest BCUT2D eigenvalue weighted by Gasteiger charge is 2.27. The van der Waals surface area contributed by atoms with Gasteiger partial charge in [-0.2, -0.15) is 0 Å². The number of benzene rings is 1. The fourth-order valence-corrected chi connectivity index (χ4v) is 2.27. The molecule has 1 fully saturated rings. The summed E-state index contributed by atoms with van der Waals surface area (Å²) in [5.41, 5.74) is 0. The van der Waals surface area contributed by atoms with Crippen LogP contribution in [0.5, 0.6) is 5.75 Å². The summed E-state index contributed by atoms with van der Waals surface area (Å²) >= 11 is 6.11. The van der Waals surface area contributed by atoms with Crippen molar-refractivity contribution in [3.05, 3.63) is 29.3 Å². The van der Waals surface area contributed by atoms with Gasteiger partial charge in [-0.15, -0.1) is 0 Å². The van der Waals surface area contributed by atoms with Crippen molar-refractivity contribution in [2.75, 3.05) is 19.8 Å². The zero-order valence-electron chi connectivity index (χ0n) is 10.7. The molecule has 2 atom stereocenters. The maximum atomic E-state index is 6.11. The minimum absolute atomic E-state index is 0.0326. The number of ether oxygens (including phenoxy) is 2. The van der Waals surface area contributed by atoms with Gasteiger partial charge in [0.2, 0.25) is 0 Å². The molecule has 2 unspecified atom stereocenters. The molecule has 0 aliphatic carbocycles. The predicted octanol–water partition coefficient (Wildman–Crippen LogP) is 2.88. The van der Waals surface area contributed by atoms with E-state index in [2.05, 4.69) is 12.2 Å². The minimum Gasteiger partial charge on any atom is -0.485 e. The van der Waals surface area contributed by atoms with Gasteiger partial charge in [0.1, 0.15) is 11.9 Å². The molecule has 4 heteroatoms. The summed E-state index contributed by atoms with van der Waals surface area (Å²) in [5, 5.41) is 4.16. The molecule has 1 aromatic rings. The van der Waals surface area contributed by atoms with E-state index < -0.39 is 0 Å².